The number of anilines is 1. The molecule has 2 N–H and O–H groups in total. The molecular formula is C14H20N2O2. The second-order valence-electron chi connectivity index (χ2n) is 4.92. The highest BCUT2D eigenvalue weighted by atomic mass is 16.3. The summed E-state index contributed by atoms with van der Waals surface area (Å²) in [5.41, 5.74) is 1.71. The minimum Gasteiger partial charge on any atom is -0.390 e. The van der Waals surface area contributed by atoms with Gasteiger partial charge in [0.25, 0.3) is 0 Å². The van der Waals surface area contributed by atoms with E-state index < -0.39 is 0 Å². The number of β-amino-alcohol motifs (C(OH)–C–C–N with tert-alkyl or cyclic N) is 1. The number of aliphatic hydroxyl groups excluding tert-OH is 1. The molecule has 1 aliphatic rings. The molecule has 18 heavy (non-hydrogen) atoms. The van der Waals surface area contributed by atoms with E-state index in [2.05, 4.69) is 17.1 Å². The second-order valence-corrected chi connectivity index (χ2v) is 4.92. The van der Waals surface area contributed by atoms with Crippen molar-refractivity contribution in [2.24, 2.45) is 0 Å². The first-order chi connectivity index (χ1) is 8.58. The highest BCUT2D eigenvalue weighted by Gasteiger charge is 2.22. The first-order valence-corrected chi connectivity index (χ1v) is 6.34. The SMILES string of the molecule is CC(=O)c1cccc(N2CC(O)CNCC2C)c1. The maximum atomic E-state index is 11.4. The Labute approximate surface area is 108 Å². The lowest BCUT2D eigenvalue weighted by Crippen LogP contribution is -2.39. The van der Waals surface area contributed by atoms with Crippen LogP contribution >= 0.6 is 0 Å². The molecule has 2 atom stereocenters. The van der Waals surface area contributed by atoms with Crippen LogP contribution in [0.4, 0.5) is 5.69 Å². The summed E-state index contributed by atoms with van der Waals surface area (Å²) in [6.07, 6.45) is -0.379. The normalized spacial score (nSPS) is 24.7. The van der Waals surface area contributed by atoms with Gasteiger partial charge in [-0.3, -0.25) is 4.79 Å². The number of hydrogen-bond acceptors (Lipinski definition) is 4. The fourth-order valence-corrected chi connectivity index (χ4v) is 2.30. The van der Waals surface area contributed by atoms with E-state index in [1.165, 1.54) is 0 Å². The van der Waals surface area contributed by atoms with Crippen LogP contribution in [0.25, 0.3) is 0 Å². The molecule has 0 spiro atoms. The number of nitrogens with one attached hydrogen (secondary N) is 1. The quantitative estimate of drug-likeness (QED) is 0.768. The number of ketones is 1. The standard InChI is InChI=1S/C14H20N2O2/c1-10-7-15-8-14(18)9-16(10)13-5-3-4-12(6-13)11(2)17/h3-6,10,14-15,18H,7-9H2,1-2H3. The van der Waals surface area contributed by atoms with E-state index in [-0.39, 0.29) is 11.9 Å². The van der Waals surface area contributed by atoms with E-state index in [1.54, 1.807) is 6.92 Å². The zero-order valence-corrected chi connectivity index (χ0v) is 10.9. The van der Waals surface area contributed by atoms with Crippen LogP contribution in [-0.4, -0.2) is 42.7 Å². The number of carbonyl (C=O) groups excluding carboxylic acids is 1. The Morgan fingerprint density at radius 1 is 1.44 bits per heavy atom. The van der Waals surface area contributed by atoms with Crippen LogP contribution in [0.15, 0.2) is 24.3 Å². The van der Waals surface area contributed by atoms with Gasteiger partial charge in [-0.2, -0.15) is 0 Å². The van der Waals surface area contributed by atoms with Crippen molar-refractivity contribution in [2.75, 3.05) is 24.5 Å². The van der Waals surface area contributed by atoms with E-state index in [1.807, 2.05) is 24.3 Å². The van der Waals surface area contributed by atoms with Crippen molar-refractivity contribution in [2.45, 2.75) is 26.0 Å². The largest absolute Gasteiger partial charge is 0.390 e. The van der Waals surface area contributed by atoms with E-state index in [0.717, 1.165) is 12.2 Å². The average molecular weight is 248 g/mol. The third kappa shape index (κ3) is 2.89. The van der Waals surface area contributed by atoms with Gasteiger partial charge < -0.3 is 15.3 Å². The lowest BCUT2D eigenvalue weighted by atomic mass is 10.1. The lowest BCUT2D eigenvalue weighted by Gasteiger charge is -2.30. The molecule has 0 bridgehead atoms. The van der Waals surface area contributed by atoms with Gasteiger partial charge in [0.15, 0.2) is 5.78 Å². The fraction of sp³-hybridized carbons (Fsp3) is 0.500. The Balaban J connectivity index is 2.27. The monoisotopic (exact) mass is 248 g/mol. The number of hydrogen-bond donors (Lipinski definition) is 2. The molecule has 0 radical (unpaired) electrons. The van der Waals surface area contributed by atoms with Crippen molar-refractivity contribution < 1.29 is 9.90 Å². The van der Waals surface area contributed by atoms with Gasteiger partial charge in [-0.05, 0) is 26.0 Å². The van der Waals surface area contributed by atoms with Gasteiger partial charge in [0, 0.05) is 36.9 Å². The van der Waals surface area contributed by atoms with Crippen molar-refractivity contribution in [3.05, 3.63) is 29.8 Å². The van der Waals surface area contributed by atoms with Crippen molar-refractivity contribution in [3.8, 4) is 0 Å². The van der Waals surface area contributed by atoms with Gasteiger partial charge >= 0.3 is 0 Å². The molecule has 1 saturated heterocycles. The minimum absolute atomic E-state index is 0.0676. The molecule has 2 rings (SSSR count). The molecule has 1 heterocycles. The third-order valence-electron chi connectivity index (χ3n) is 3.34. The van der Waals surface area contributed by atoms with Crippen LogP contribution < -0.4 is 10.2 Å². The average Bonchev–Trinajstić information content (AvgIpc) is 2.51. The first kappa shape index (κ1) is 13.1. The molecule has 1 fully saturated rings. The number of rotatable bonds is 2. The Hall–Kier alpha value is -1.39. The summed E-state index contributed by atoms with van der Waals surface area (Å²) in [7, 11) is 0. The summed E-state index contributed by atoms with van der Waals surface area (Å²) in [4.78, 5) is 13.6. The topological polar surface area (TPSA) is 52.6 Å². The van der Waals surface area contributed by atoms with Crippen molar-refractivity contribution >= 4 is 11.5 Å². The van der Waals surface area contributed by atoms with Crippen LogP contribution in [0.3, 0.4) is 0 Å². The summed E-state index contributed by atoms with van der Waals surface area (Å²) in [5, 5.41) is 13.1. The molecule has 0 aromatic heterocycles. The number of aliphatic hydroxyl groups is 1. The van der Waals surface area contributed by atoms with Gasteiger partial charge in [0.2, 0.25) is 0 Å². The summed E-state index contributed by atoms with van der Waals surface area (Å²) in [6, 6.07) is 7.90. The summed E-state index contributed by atoms with van der Waals surface area (Å²) < 4.78 is 0. The molecule has 0 saturated carbocycles. The van der Waals surface area contributed by atoms with Crippen LogP contribution in [0.5, 0.6) is 0 Å². The Kier molecular flexibility index (Phi) is 3.99. The summed E-state index contributed by atoms with van der Waals surface area (Å²) in [6.45, 7) is 5.73. The van der Waals surface area contributed by atoms with E-state index in [4.69, 9.17) is 0 Å². The highest BCUT2D eigenvalue weighted by Crippen LogP contribution is 2.20. The van der Waals surface area contributed by atoms with Crippen molar-refractivity contribution in [1.29, 1.82) is 0 Å². The maximum absolute atomic E-state index is 11.4. The van der Waals surface area contributed by atoms with Gasteiger partial charge in [0.1, 0.15) is 0 Å². The van der Waals surface area contributed by atoms with Crippen molar-refractivity contribution in [3.63, 3.8) is 0 Å². The molecular weight excluding hydrogens is 228 g/mol. The second kappa shape index (κ2) is 5.50. The van der Waals surface area contributed by atoms with Crippen LogP contribution in [-0.2, 0) is 0 Å². The molecule has 0 amide bonds. The Bertz CT molecular complexity index is 434. The van der Waals surface area contributed by atoms with Crippen molar-refractivity contribution in [1.82, 2.24) is 5.32 Å². The number of nitrogens with zero attached hydrogens (tertiary/aromatic N) is 1. The number of carbonyl (C=O) groups is 1. The van der Waals surface area contributed by atoms with Gasteiger partial charge in [-0.25, -0.2) is 0 Å². The maximum Gasteiger partial charge on any atom is 0.159 e. The van der Waals surface area contributed by atoms with Gasteiger partial charge in [-0.15, -0.1) is 0 Å². The van der Waals surface area contributed by atoms with Gasteiger partial charge in [0.05, 0.1) is 6.10 Å². The van der Waals surface area contributed by atoms with Gasteiger partial charge in [-0.1, -0.05) is 12.1 Å². The zero-order valence-electron chi connectivity index (χ0n) is 10.9. The highest BCUT2D eigenvalue weighted by molar-refractivity contribution is 5.95. The predicted octanol–water partition coefficient (Wildman–Crippen LogP) is 1.05. The van der Waals surface area contributed by atoms with E-state index in [9.17, 15) is 9.90 Å². The third-order valence-corrected chi connectivity index (χ3v) is 3.34. The fourth-order valence-electron chi connectivity index (χ4n) is 2.30. The molecule has 4 nitrogen and oxygen atoms in total. The molecule has 1 aliphatic heterocycles. The predicted molar refractivity (Wildman–Crippen MR) is 72.1 cm³/mol. The molecule has 2 unspecified atom stereocenters. The zero-order chi connectivity index (χ0) is 13.1. The Morgan fingerprint density at radius 3 is 2.94 bits per heavy atom. The number of benzene rings is 1. The van der Waals surface area contributed by atoms with Crippen LogP contribution in [0, 0.1) is 0 Å². The summed E-state index contributed by atoms with van der Waals surface area (Å²) in [5.74, 6) is 0.0676. The minimum atomic E-state index is -0.379. The molecule has 4 heteroatoms. The van der Waals surface area contributed by atoms with Crippen LogP contribution in [0.2, 0.25) is 0 Å². The number of Topliss-reactive ketones (excluding diaryl/α,β-unsaturated/α-hetero) is 1. The van der Waals surface area contributed by atoms with E-state index in [0.29, 0.717) is 24.7 Å². The Morgan fingerprint density at radius 2 is 2.22 bits per heavy atom. The first-order valence-electron chi connectivity index (χ1n) is 6.34. The van der Waals surface area contributed by atoms with Crippen LogP contribution in [0.1, 0.15) is 24.2 Å². The van der Waals surface area contributed by atoms with E-state index >= 15 is 0 Å². The molecule has 98 valence electrons. The summed E-state index contributed by atoms with van der Waals surface area (Å²) >= 11 is 0. The molecule has 0 aliphatic carbocycles. The molecule has 1 aromatic rings. The lowest BCUT2D eigenvalue weighted by molar-refractivity contribution is 0.101. The molecule has 1 aromatic carbocycles. The smallest absolute Gasteiger partial charge is 0.159 e.